The number of nitrogens with zero attached hydrogens (tertiary/aromatic N) is 2. The van der Waals surface area contributed by atoms with E-state index in [0.29, 0.717) is 12.6 Å². The molecule has 0 amide bonds. The van der Waals surface area contributed by atoms with Crippen molar-refractivity contribution in [3.05, 3.63) is 23.9 Å². The quantitative estimate of drug-likeness (QED) is 0.787. The molecule has 1 aromatic heterocycles. The summed E-state index contributed by atoms with van der Waals surface area (Å²) in [6, 6.07) is 4.81. The summed E-state index contributed by atoms with van der Waals surface area (Å²) >= 11 is 0. The third-order valence-corrected chi connectivity index (χ3v) is 3.03. The summed E-state index contributed by atoms with van der Waals surface area (Å²) in [7, 11) is 2.12. The van der Waals surface area contributed by atoms with Gasteiger partial charge in [-0.3, -0.25) is 0 Å². The molecule has 1 heterocycles. The highest BCUT2D eigenvalue weighted by Crippen LogP contribution is 2.26. The Bertz CT molecular complexity index is 290. The van der Waals surface area contributed by atoms with E-state index in [1.54, 1.807) is 0 Å². The predicted octanol–water partition coefficient (Wildman–Crippen LogP) is 1.53. The summed E-state index contributed by atoms with van der Waals surface area (Å²) in [5.74, 6) is 1.06. The second-order valence-electron chi connectivity index (χ2n) is 3.92. The van der Waals surface area contributed by atoms with E-state index in [1.165, 1.54) is 19.3 Å². The van der Waals surface area contributed by atoms with Gasteiger partial charge in [-0.1, -0.05) is 6.07 Å². The SMILES string of the molecule is CN(c1ccc(CN)cn1)C1CCC1. The molecule has 3 nitrogen and oxygen atoms in total. The van der Waals surface area contributed by atoms with E-state index in [9.17, 15) is 0 Å². The van der Waals surface area contributed by atoms with Gasteiger partial charge in [0.15, 0.2) is 0 Å². The van der Waals surface area contributed by atoms with Crippen LogP contribution >= 0.6 is 0 Å². The number of hydrogen-bond acceptors (Lipinski definition) is 3. The summed E-state index contributed by atoms with van der Waals surface area (Å²) in [5.41, 5.74) is 6.61. The smallest absolute Gasteiger partial charge is 0.128 e. The molecule has 14 heavy (non-hydrogen) atoms. The second-order valence-corrected chi connectivity index (χ2v) is 3.92. The summed E-state index contributed by atoms with van der Waals surface area (Å²) in [4.78, 5) is 6.67. The summed E-state index contributed by atoms with van der Waals surface area (Å²) < 4.78 is 0. The van der Waals surface area contributed by atoms with Gasteiger partial charge in [0, 0.05) is 25.8 Å². The molecule has 1 aliphatic rings. The van der Waals surface area contributed by atoms with E-state index < -0.39 is 0 Å². The van der Waals surface area contributed by atoms with Crippen molar-refractivity contribution >= 4 is 5.82 Å². The van der Waals surface area contributed by atoms with Crippen LogP contribution in [0, 0.1) is 0 Å². The number of pyridine rings is 1. The van der Waals surface area contributed by atoms with Crippen LogP contribution < -0.4 is 10.6 Å². The Morgan fingerprint density at radius 1 is 1.50 bits per heavy atom. The molecule has 0 saturated heterocycles. The average molecular weight is 191 g/mol. The summed E-state index contributed by atoms with van der Waals surface area (Å²) in [6.07, 6.45) is 5.83. The Morgan fingerprint density at radius 3 is 2.71 bits per heavy atom. The zero-order chi connectivity index (χ0) is 9.97. The fraction of sp³-hybridized carbons (Fsp3) is 0.545. The molecule has 0 spiro atoms. The third kappa shape index (κ3) is 1.73. The van der Waals surface area contributed by atoms with Gasteiger partial charge in [-0.15, -0.1) is 0 Å². The molecule has 2 rings (SSSR count). The van der Waals surface area contributed by atoms with Crippen molar-refractivity contribution in [1.29, 1.82) is 0 Å². The van der Waals surface area contributed by atoms with Crippen LogP contribution in [0.2, 0.25) is 0 Å². The van der Waals surface area contributed by atoms with Gasteiger partial charge in [0.1, 0.15) is 5.82 Å². The van der Waals surface area contributed by atoms with E-state index >= 15 is 0 Å². The van der Waals surface area contributed by atoms with Crippen LogP contribution in [-0.4, -0.2) is 18.1 Å². The highest BCUT2D eigenvalue weighted by Gasteiger charge is 2.22. The second kappa shape index (κ2) is 3.96. The molecule has 76 valence electrons. The van der Waals surface area contributed by atoms with Gasteiger partial charge in [0.05, 0.1) is 0 Å². The molecule has 0 atom stereocenters. The lowest BCUT2D eigenvalue weighted by molar-refractivity contribution is 0.399. The van der Waals surface area contributed by atoms with Crippen LogP contribution in [0.15, 0.2) is 18.3 Å². The Balaban J connectivity index is 2.07. The van der Waals surface area contributed by atoms with Gasteiger partial charge in [-0.05, 0) is 30.9 Å². The van der Waals surface area contributed by atoms with Crippen molar-refractivity contribution in [3.63, 3.8) is 0 Å². The first-order valence-electron chi connectivity index (χ1n) is 5.19. The third-order valence-electron chi connectivity index (χ3n) is 3.03. The van der Waals surface area contributed by atoms with Crippen LogP contribution in [0.5, 0.6) is 0 Å². The fourth-order valence-electron chi connectivity index (χ4n) is 1.71. The van der Waals surface area contributed by atoms with E-state index in [0.717, 1.165) is 11.4 Å². The van der Waals surface area contributed by atoms with Crippen LogP contribution in [-0.2, 0) is 6.54 Å². The van der Waals surface area contributed by atoms with Crippen molar-refractivity contribution in [2.45, 2.75) is 31.8 Å². The Hall–Kier alpha value is -1.09. The Morgan fingerprint density at radius 2 is 2.29 bits per heavy atom. The molecule has 0 bridgehead atoms. The molecule has 1 aliphatic carbocycles. The van der Waals surface area contributed by atoms with Crippen molar-refractivity contribution in [2.24, 2.45) is 5.73 Å². The standard InChI is InChI=1S/C11H17N3/c1-14(10-3-2-4-10)11-6-5-9(7-12)8-13-11/h5-6,8,10H,2-4,7,12H2,1H3. The van der Waals surface area contributed by atoms with Crippen molar-refractivity contribution < 1.29 is 0 Å². The normalized spacial score (nSPS) is 16.4. The maximum atomic E-state index is 5.52. The van der Waals surface area contributed by atoms with Crippen LogP contribution in [0.1, 0.15) is 24.8 Å². The highest BCUT2D eigenvalue weighted by atomic mass is 15.2. The van der Waals surface area contributed by atoms with Gasteiger partial charge in [-0.25, -0.2) is 4.98 Å². The molecule has 1 fully saturated rings. The fourth-order valence-corrected chi connectivity index (χ4v) is 1.71. The molecular formula is C11H17N3. The lowest BCUT2D eigenvalue weighted by atomic mass is 9.92. The number of nitrogens with two attached hydrogens (primary N) is 1. The molecule has 0 radical (unpaired) electrons. The first kappa shape index (κ1) is 9.46. The molecule has 3 heteroatoms. The molecule has 0 aliphatic heterocycles. The zero-order valence-corrected chi connectivity index (χ0v) is 8.61. The molecule has 2 N–H and O–H groups in total. The summed E-state index contributed by atoms with van der Waals surface area (Å²) in [6.45, 7) is 0.570. The van der Waals surface area contributed by atoms with Gasteiger partial charge in [-0.2, -0.15) is 0 Å². The van der Waals surface area contributed by atoms with Gasteiger partial charge < -0.3 is 10.6 Å². The van der Waals surface area contributed by atoms with E-state index in [1.807, 2.05) is 6.20 Å². The van der Waals surface area contributed by atoms with Crippen molar-refractivity contribution in [2.75, 3.05) is 11.9 Å². The highest BCUT2D eigenvalue weighted by molar-refractivity contribution is 5.40. The van der Waals surface area contributed by atoms with Crippen molar-refractivity contribution in [3.8, 4) is 0 Å². The van der Waals surface area contributed by atoms with Gasteiger partial charge in [0.2, 0.25) is 0 Å². The van der Waals surface area contributed by atoms with Crippen molar-refractivity contribution in [1.82, 2.24) is 4.98 Å². The maximum absolute atomic E-state index is 5.52. The average Bonchev–Trinajstić information content (AvgIpc) is 2.15. The minimum absolute atomic E-state index is 0.570. The number of rotatable bonds is 3. The van der Waals surface area contributed by atoms with Gasteiger partial charge in [0.25, 0.3) is 0 Å². The summed E-state index contributed by atoms with van der Waals surface area (Å²) in [5, 5.41) is 0. The predicted molar refractivity (Wildman–Crippen MR) is 58.2 cm³/mol. The Labute approximate surface area is 84.9 Å². The molecule has 0 unspecified atom stereocenters. The minimum atomic E-state index is 0.570. The van der Waals surface area contributed by atoms with E-state index in [-0.39, 0.29) is 0 Å². The maximum Gasteiger partial charge on any atom is 0.128 e. The number of anilines is 1. The van der Waals surface area contributed by atoms with Crippen LogP contribution in [0.3, 0.4) is 0 Å². The van der Waals surface area contributed by atoms with Gasteiger partial charge >= 0.3 is 0 Å². The molecular weight excluding hydrogens is 174 g/mol. The molecule has 1 saturated carbocycles. The largest absolute Gasteiger partial charge is 0.357 e. The molecule has 1 aromatic rings. The minimum Gasteiger partial charge on any atom is -0.357 e. The number of aromatic nitrogens is 1. The molecule has 0 aromatic carbocycles. The monoisotopic (exact) mass is 191 g/mol. The van der Waals surface area contributed by atoms with E-state index in [2.05, 4.69) is 29.1 Å². The first-order chi connectivity index (χ1) is 6.81. The lowest BCUT2D eigenvalue weighted by Crippen LogP contribution is -2.37. The first-order valence-corrected chi connectivity index (χ1v) is 5.19. The zero-order valence-electron chi connectivity index (χ0n) is 8.61. The Kier molecular flexibility index (Phi) is 2.68. The van der Waals surface area contributed by atoms with Crippen LogP contribution in [0.4, 0.5) is 5.82 Å². The number of hydrogen-bond donors (Lipinski definition) is 1. The van der Waals surface area contributed by atoms with E-state index in [4.69, 9.17) is 5.73 Å². The lowest BCUT2D eigenvalue weighted by Gasteiger charge is -2.35. The topological polar surface area (TPSA) is 42.1 Å². The van der Waals surface area contributed by atoms with Crippen LogP contribution in [0.25, 0.3) is 0 Å².